The minimum atomic E-state index is -1.37. The molecule has 4 heteroatoms. The zero-order valence-corrected chi connectivity index (χ0v) is 11.1. The Balaban J connectivity index is 2.62. The van der Waals surface area contributed by atoms with Crippen LogP contribution in [0.2, 0.25) is 0 Å². The summed E-state index contributed by atoms with van der Waals surface area (Å²) < 4.78 is 5.39. The van der Waals surface area contributed by atoms with Crippen molar-refractivity contribution in [2.75, 3.05) is 6.61 Å². The van der Waals surface area contributed by atoms with E-state index in [0.717, 1.165) is 6.42 Å². The van der Waals surface area contributed by atoms with Gasteiger partial charge in [0.25, 0.3) is 0 Å². The van der Waals surface area contributed by atoms with Crippen molar-refractivity contribution >= 4 is 5.97 Å². The second-order valence-corrected chi connectivity index (χ2v) is 4.89. The topological polar surface area (TPSA) is 72.5 Å². The molecule has 0 heterocycles. The van der Waals surface area contributed by atoms with Crippen LogP contribution in [-0.4, -0.2) is 23.2 Å². The summed E-state index contributed by atoms with van der Waals surface area (Å²) in [5.74, 6) is 0.0801. The van der Waals surface area contributed by atoms with Gasteiger partial charge in [-0.2, -0.15) is 0 Å². The molecule has 0 aromatic heterocycles. The number of carbonyl (C=O) groups is 1. The van der Waals surface area contributed by atoms with Gasteiger partial charge in [0.15, 0.2) is 0 Å². The number of nitrogens with two attached hydrogens (primary N) is 1. The molecular formula is C14H21NO3. The molecule has 0 amide bonds. The summed E-state index contributed by atoms with van der Waals surface area (Å²) in [6, 6.07) is 7.69. The molecule has 4 nitrogen and oxygen atoms in total. The number of carboxylic acid groups (broad SMARTS) is 1. The first kappa shape index (κ1) is 14.5. The van der Waals surface area contributed by atoms with Crippen molar-refractivity contribution in [2.24, 2.45) is 5.73 Å². The summed E-state index contributed by atoms with van der Waals surface area (Å²) in [7, 11) is 0. The first-order valence-electron chi connectivity index (χ1n) is 6.12. The molecule has 0 aliphatic heterocycles. The standard InChI is InChI=1S/C14H21NO3/c1-4-10(2)11-5-7-12(8-6-11)18-9-14(3,15)13(16)17/h5-8,10H,4,9,15H2,1-3H3,(H,16,17). The van der Waals surface area contributed by atoms with Gasteiger partial charge in [-0.3, -0.25) is 4.79 Å². The molecule has 1 aromatic rings. The highest BCUT2D eigenvalue weighted by molar-refractivity contribution is 5.78. The van der Waals surface area contributed by atoms with Crippen LogP contribution in [0.1, 0.15) is 38.7 Å². The minimum Gasteiger partial charge on any atom is -0.491 e. The summed E-state index contributed by atoms with van der Waals surface area (Å²) in [5.41, 5.74) is 5.47. The van der Waals surface area contributed by atoms with Gasteiger partial charge in [0.1, 0.15) is 17.9 Å². The molecule has 100 valence electrons. The molecule has 1 rings (SSSR count). The third-order valence-corrected chi connectivity index (χ3v) is 3.09. The van der Waals surface area contributed by atoms with Crippen molar-refractivity contribution in [1.29, 1.82) is 0 Å². The summed E-state index contributed by atoms with van der Waals surface area (Å²) in [5, 5.41) is 8.86. The Morgan fingerprint density at radius 2 is 2.00 bits per heavy atom. The molecule has 3 N–H and O–H groups in total. The minimum absolute atomic E-state index is 0.0506. The highest BCUT2D eigenvalue weighted by Crippen LogP contribution is 2.21. The molecule has 0 aliphatic carbocycles. The van der Waals surface area contributed by atoms with Gasteiger partial charge in [0.2, 0.25) is 0 Å². The van der Waals surface area contributed by atoms with Crippen LogP contribution in [-0.2, 0) is 4.79 Å². The van der Waals surface area contributed by atoms with E-state index in [4.69, 9.17) is 15.6 Å². The first-order valence-corrected chi connectivity index (χ1v) is 6.12. The van der Waals surface area contributed by atoms with E-state index < -0.39 is 11.5 Å². The van der Waals surface area contributed by atoms with Crippen molar-refractivity contribution < 1.29 is 14.6 Å². The van der Waals surface area contributed by atoms with Gasteiger partial charge in [0, 0.05) is 0 Å². The Morgan fingerprint density at radius 1 is 1.44 bits per heavy atom. The Labute approximate surface area is 108 Å². The molecule has 1 aromatic carbocycles. The molecule has 0 bridgehead atoms. The Hall–Kier alpha value is -1.55. The van der Waals surface area contributed by atoms with E-state index in [1.165, 1.54) is 12.5 Å². The quantitative estimate of drug-likeness (QED) is 0.814. The average Bonchev–Trinajstić information content (AvgIpc) is 2.36. The van der Waals surface area contributed by atoms with Crippen LogP contribution in [0.5, 0.6) is 5.75 Å². The third-order valence-electron chi connectivity index (χ3n) is 3.09. The SMILES string of the molecule is CCC(C)c1ccc(OCC(C)(N)C(=O)O)cc1. The number of rotatable bonds is 6. The summed E-state index contributed by atoms with van der Waals surface area (Å²) >= 11 is 0. The van der Waals surface area contributed by atoms with Crippen LogP contribution in [0.3, 0.4) is 0 Å². The van der Waals surface area contributed by atoms with Gasteiger partial charge < -0.3 is 15.6 Å². The maximum atomic E-state index is 10.8. The maximum Gasteiger partial charge on any atom is 0.326 e. The van der Waals surface area contributed by atoms with Gasteiger partial charge in [-0.1, -0.05) is 26.0 Å². The second-order valence-electron chi connectivity index (χ2n) is 4.89. The van der Waals surface area contributed by atoms with Crippen LogP contribution in [0.4, 0.5) is 0 Å². The highest BCUT2D eigenvalue weighted by atomic mass is 16.5. The Bertz CT molecular complexity index is 398. The van der Waals surface area contributed by atoms with Gasteiger partial charge in [-0.15, -0.1) is 0 Å². The van der Waals surface area contributed by atoms with Crippen LogP contribution >= 0.6 is 0 Å². The lowest BCUT2D eigenvalue weighted by Crippen LogP contribution is -2.49. The van der Waals surface area contributed by atoms with Crippen molar-refractivity contribution in [3.8, 4) is 5.75 Å². The fourth-order valence-electron chi connectivity index (χ4n) is 1.42. The van der Waals surface area contributed by atoms with E-state index in [2.05, 4.69) is 13.8 Å². The number of hydrogen-bond acceptors (Lipinski definition) is 3. The van der Waals surface area contributed by atoms with E-state index in [1.807, 2.05) is 24.3 Å². The lowest BCUT2D eigenvalue weighted by molar-refractivity contribution is -0.143. The first-order chi connectivity index (χ1) is 8.36. The number of ether oxygens (including phenoxy) is 1. The molecule has 0 fully saturated rings. The molecule has 0 spiro atoms. The van der Waals surface area contributed by atoms with Crippen molar-refractivity contribution in [1.82, 2.24) is 0 Å². The van der Waals surface area contributed by atoms with Gasteiger partial charge >= 0.3 is 5.97 Å². The Morgan fingerprint density at radius 3 is 2.44 bits per heavy atom. The number of hydrogen-bond donors (Lipinski definition) is 2. The maximum absolute atomic E-state index is 10.8. The van der Waals surface area contributed by atoms with Gasteiger partial charge in [0.05, 0.1) is 0 Å². The molecule has 2 unspecified atom stereocenters. The number of aliphatic carboxylic acids is 1. The van der Waals surface area contributed by atoms with Crippen LogP contribution in [0, 0.1) is 0 Å². The van der Waals surface area contributed by atoms with Crippen molar-refractivity contribution in [3.63, 3.8) is 0 Å². The van der Waals surface area contributed by atoms with E-state index in [-0.39, 0.29) is 6.61 Å². The average molecular weight is 251 g/mol. The molecular weight excluding hydrogens is 230 g/mol. The van der Waals surface area contributed by atoms with Crippen molar-refractivity contribution in [2.45, 2.75) is 38.6 Å². The number of carboxylic acids is 1. The van der Waals surface area contributed by atoms with Gasteiger partial charge in [-0.25, -0.2) is 0 Å². The highest BCUT2D eigenvalue weighted by Gasteiger charge is 2.28. The molecule has 0 radical (unpaired) electrons. The zero-order chi connectivity index (χ0) is 13.8. The van der Waals surface area contributed by atoms with Crippen LogP contribution in [0.15, 0.2) is 24.3 Å². The van der Waals surface area contributed by atoms with E-state index in [9.17, 15) is 4.79 Å². The monoisotopic (exact) mass is 251 g/mol. The molecule has 0 saturated carbocycles. The largest absolute Gasteiger partial charge is 0.491 e. The summed E-state index contributed by atoms with van der Waals surface area (Å²) in [6.07, 6.45) is 1.08. The number of benzene rings is 1. The fraction of sp³-hybridized carbons (Fsp3) is 0.500. The molecule has 0 aliphatic rings. The zero-order valence-electron chi connectivity index (χ0n) is 11.1. The summed E-state index contributed by atoms with van der Waals surface area (Å²) in [4.78, 5) is 10.8. The predicted octanol–water partition coefficient (Wildman–Crippen LogP) is 2.38. The second kappa shape index (κ2) is 5.87. The predicted molar refractivity (Wildman–Crippen MR) is 70.9 cm³/mol. The van der Waals surface area contributed by atoms with Crippen LogP contribution in [0.25, 0.3) is 0 Å². The van der Waals surface area contributed by atoms with E-state index in [0.29, 0.717) is 11.7 Å². The molecule has 0 saturated heterocycles. The van der Waals surface area contributed by atoms with Crippen LogP contribution < -0.4 is 10.5 Å². The summed E-state index contributed by atoms with van der Waals surface area (Å²) in [6.45, 7) is 5.69. The molecule has 2 atom stereocenters. The lowest BCUT2D eigenvalue weighted by Gasteiger charge is -2.19. The molecule has 18 heavy (non-hydrogen) atoms. The van der Waals surface area contributed by atoms with Crippen molar-refractivity contribution in [3.05, 3.63) is 29.8 Å². The third kappa shape index (κ3) is 3.74. The normalized spacial score (nSPS) is 15.8. The Kier molecular flexibility index (Phi) is 4.73. The lowest BCUT2D eigenvalue weighted by atomic mass is 9.99. The van der Waals surface area contributed by atoms with Gasteiger partial charge in [-0.05, 0) is 37.0 Å². The van der Waals surface area contributed by atoms with E-state index in [1.54, 1.807) is 0 Å². The van der Waals surface area contributed by atoms with E-state index >= 15 is 0 Å². The smallest absolute Gasteiger partial charge is 0.326 e. The fourth-order valence-corrected chi connectivity index (χ4v) is 1.42.